The molecule has 0 aromatic carbocycles. The molecule has 0 amide bonds. The van der Waals surface area contributed by atoms with Gasteiger partial charge in [0.25, 0.3) is 0 Å². The molecular formula is C12H23BrO2. The van der Waals surface area contributed by atoms with Gasteiger partial charge in [0.2, 0.25) is 0 Å². The van der Waals surface area contributed by atoms with Gasteiger partial charge in [-0.2, -0.15) is 0 Å². The Hall–Kier alpha value is 0.400. The van der Waals surface area contributed by atoms with E-state index in [-0.39, 0.29) is 5.60 Å². The van der Waals surface area contributed by atoms with E-state index in [0.717, 1.165) is 31.1 Å². The molecule has 0 aromatic heterocycles. The molecule has 0 spiro atoms. The third-order valence-corrected chi connectivity index (χ3v) is 4.29. The molecular weight excluding hydrogens is 256 g/mol. The number of hydrogen-bond donors (Lipinski definition) is 0. The zero-order valence-corrected chi connectivity index (χ0v) is 11.5. The summed E-state index contributed by atoms with van der Waals surface area (Å²) < 4.78 is 11.3. The summed E-state index contributed by atoms with van der Waals surface area (Å²) in [7, 11) is 0. The third-order valence-electron chi connectivity index (χ3n) is 3.27. The predicted molar refractivity (Wildman–Crippen MR) is 66.6 cm³/mol. The Balaban J connectivity index is 2.27. The van der Waals surface area contributed by atoms with Crippen molar-refractivity contribution >= 4 is 15.9 Å². The van der Waals surface area contributed by atoms with E-state index >= 15 is 0 Å². The summed E-state index contributed by atoms with van der Waals surface area (Å²) >= 11 is 3.59. The highest BCUT2D eigenvalue weighted by atomic mass is 79.9. The van der Waals surface area contributed by atoms with Crippen LogP contribution in [0.5, 0.6) is 0 Å². The maximum absolute atomic E-state index is 6.00. The van der Waals surface area contributed by atoms with Gasteiger partial charge in [-0.05, 0) is 38.5 Å². The van der Waals surface area contributed by atoms with Crippen molar-refractivity contribution < 1.29 is 9.47 Å². The molecule has 90 valence electrons. The monoisotopic (exact) mass is 278 g/mol. The quantitative estimate of drug-likeness (QED) is 0.548. The standard InChI is InChI=1S/C12H23BrO2/c1-3-14-8-9-15-12(10-13)6-4-11(2)5-7-12/h11H,3-10H2,1-2H3. The van der Waals surface area contributed by atoms with Crippen LogP contribution in [-0.2, 0) is 9.47 Å². The molecule has 1 aliphatic carbocycles. The lowest BCUT2D eigenvalue weighted by Gasteiger charge is -2.38. The van der Waals surface area contributed by atoms with Crippen LogP contribution in [0.2, 0.25) is 0 Å². The highest BCUT2D eigenvalue weighted by Crippen LogP contribution is 2.35. The van der Waals surface area contributed by atoms with Gasteiger partial charge < -0.3 is 9.47 Å². The molecule has 0 bridgehead atoms. The lowest BCUT2D eigenvalue weighted by Crippen LogP contribution is -2.39. The molecule has 3 heteroatoms. The molecule has 1 aliphatic rings. The molecule has 1 saturated carbocycles. The smallest absolute Gasteiger partial charge is 0.0780 e. The normalized spacial score (nSPS) is 31.8. The predicted octanol–water partition coefficient (Wildman–Crippen LogP) is 3.38. The molecule has 1 rings (SSSR count). The zero-order valence-electron chi connectivity index (χ0n) is 9.93. The third kappa shape index (κ3) is 4.41. The van der Waals surface area contributed by atoms with Crippen molar-refractivity contribution in [2.75, 3.05) is 25.2 Å². The van der Waals surface area contributed by atoms with Gasteiger partial charge in [0, 0.05) is 11.9 Å². The second kappa shape index (κ2) is 6.87. The minimum atomic E-state index is 0.0869. The highest BCUT2D eigenvalue weighted by Gasteiger charge is 2.33. The first-order valence-electron chi connectivity index (χ1n) is 6.00. The number of alkyl halides is 1. The van der Waals surface area contributed by atoms with Crippen molar-refractivity contribution in [1.29, 1.82) is 0 Å². The number of halogens is 1. The van der Waals surface area contributed by atoms with Crippen LogP contribution in [0, 0.1) is 5.92 Å². The molecule has 0 aromatic rings. The zero-order chi connectivity index (χ0) is 11.1. The summed E-state index contributed by atoms with van der Waals surface area (Å²) in [5.41, 5.74) is 0.0869. The van der Waals surface area contributed by atoms with Crippen molar-refractivity contribution in [1.82, 2.24) is 0 Å². The van der Waals surface area contributed by atoms with E-state index in [1.807, 2.05) is 6.92 Å². The van der Waals surface area contributed by atoms with E-state index in [0.29, 0.717) is 0 Å². The van der Waals surface area contributed by atoms with Crippen molar-refractivity contribution in [3.8, 4) is 0 Å². The first-order valence-corrected chi connectivity index (χ1v) is 7.12. The molecule has 0 saturated heterocycles. The van der Waals surface area contributed by atoms with Crippen LogP contribution in [0.25, 0.3) is 0 Å². The van der Waals surface area contributed by atoms with Gasteiger partial charge in [-0.3, -0.25) is 0 Å². The Kier molecular flexibility index (Phi) is 6.17. The molecule has 2 nitrogen and oxygen atoms in total. The summed E-state index contributed by atoms with van der Waals surface area (Å²) in [5, 5.41) is 0.957. The van der Waals surface area contributed by atoms with Gasteiger partial charge in [0.05, 0.1) is 18.8 Å². The van der Waals surface area contributed by atoms with Crippen LogP contribution >= 0.6 is 15.9 Å². The largest absolute Gasteiger partial charge is 0.379 e. The molecule has 0 unspecified atom stereocenters. The van der Waals surface area contributed by atoms with Gasteiger partial charge in [-0.25, -0.2) is 0 Å². The fourth-order valence-electron chi connectivity index (χ4n) is 2.07. The summed E-state index contributed by atoms with van der Waals surface area (Å²) in [6, 6.07) is 0. The van der Waals surface area contributed by atoms with E-state index in [4.69, 9.17) is 9.47 Å². The Labute approximate surface area is 102 Å². The van der Waals surface area contributed by atoms with Gasteiger partial charge in [-0.1, -0.05) is 22.9 Å². The summed E-state index contributed by atoms with van der Waals surface area (Å²) in [6.07, 6.45) is 4.96. The van der Waals surface area contributed by atoms with Crippen molar-refractivity contribution in [3.63, 3.8) is 0 Å². The fraction of sp³-hybridized carbons (Fsp3) is 1.00. The summed E-state index contributed by atoms with van der Waals surface area (Å²) in [6.45, 7) is 6.58. The molecule has 0 N–H and O–H groups in total. The topological polar surface area (TPSA) is 18.5 Å². The van der Waals surface area contributed by atoms with Gasteiger partial charge in [-0.15, -0.1) is 0 Å². The van der Waals surface area contributed by atoms with Crippen LogP contribution in [0.15, 0.2) is 0 Å². The van der Waals surface area contributed by atoms with Gasteiger partial charge in [0.1, 0.15) is 0 Å². The van der Waals surface area contributed by atoms with Crippen LogP contribution in [0.3, 0.4) is 0 Å². The van der Waals surface area contributed by atoms with Gasteiger partial charge in [0.15, 0.2) is 0 Å². The first-order chi connectivity index (χ1) is 7.22. The lowest BCUT2D eigenvalue weighted by molar-refractivity contribution is -0.0767. The van der Waals surface area contributed by atoms with E-state index in [9.17, 15) is 0 Å². The fourth-order valence-corrected chi connectivity index (χ4v) is 2.79. The molecule has 0 radical (unpaired) electrons. The Morgan fingerprint density at radius 3 is 2.47 bits per heavy atom. The molecule has 15 heavy (non-hydrogen) atoms. The molecule has 0 aliphatic heterocycles. The Morgan fingerprint density at radius 2 is 1.93 bits per heavy atom. The summed E-state index contributed by atoms with van der Waals surface area (Å²) in [5.74, 6) is 0.868. The van der Waals surface area contributed by atoms with Crippen LogP contribution < -0.4 is 0 Å². The minimum Gasteiger partial charge on any atom is -0.379 e. The molecule has 0 atom stereocenters. The maximum Gasteiger partial charge on any atom is 0.0780 e. The number of rotatable bonds is 6. The first kappa shape index (κ1) is 13.5. The molecule has 0 heterocycles. The Bertz CT molecular complexity index is 165. The lowest BCUT2D eigenvalue weighted by atomic mass is 9.80. The second-order valence-electron chi connectivity index (χ2n) is 4.54. The van der Waals surface area contributed by atoms with Crippen LogP contribution in [0.4, 0.5) is 0 Å². The molecule has 1 fully saturated rings. The van der Waals surface area contributed by atoms with Gasteiger partial charge >= 0.3 is 0 Å². The van der Waals surface area contributed by atoms with Crippen molar-refractivity contribution in [3.05, 3.63) is 0 Å². The van der Waals surface area contributed by atoms with E-state index in [2.05, 4.69) is 22.9 Å². The highest BCUT2D eigenvalue weighted by molar-refractivity contribution is 9.09. The van der Waals surface area contributed by atoms with Crippen molar-refractivity contribution in [2.45, 2.75) is 45.1 Å². The maximum atomic E-state index is 6.00. The minimum absolute atomic E-state index is 0.0869. The van der Waals surface area contributed by atoms with Crippen LogP contribution in [-0.4, -0.2) is 30.8 Å². The van der Waals surface area contributed by atoms with E-state index in [1.54, 1.807) is 0 Å². The van der Waals surface area contributed by atoms with Crippen LogP contribution in [0.1, 0.15) is 39.5 Å². The second-order valence-corrected chi connectivity index (χ2v) is 5.11. The van der Waals surface area contributed by atoms with Crippen molar-refractivity contribution in [2.24, 2.45) is 5.92 Å². The number of ether oxygens (including phenoxy) is 2. The van der Waals surface area contributed by atoms with E-state index < -0.39 is 0 Å². The average Bonchev–Trinajstić information content (AvgIpc) is 2.28. The summed E-state index contributed by atoms with van der Waals surface area (Å²) in [4.78, 5) is 0. The number of hydrogen-bond acceptors (Lipinski definition) is 2. The van der Waals surface area contributed by atoms with E-state index in [1.165, 1.54) is 25.7 Å². The Morgan fingerprint density at radius 1 is 1.27 bits per heavy atom. The SMILES string of the molecule is CCOCCOC1(CBr)CCC(C)CC1. The average molecular weight is 279 g/mol.